The molecule has 0 atom stereocenters. The van der Waals surface area contributed by atoms with Gasteiger partial charge in [0, 0.05) is 30.1 Å². The van der Waals surface area contributed by atoms with E-state index in [0.717, 1.165) is 15.7 Å². The second-order valence-corrected chi connectivity index (χ2v) is 11.7. The molecule has 0 radical (unpaired) electrons. The number of carbonyl (C=O) groups excluding carboxylic acids is 2. The van der Waals surface area contributed by atoms with Crippen molar-refractivity contribution in [1.82, 2.24) is 14.1 Å². The number of anilines is 2. The molecule has 2 amide bonds. The van der Waals surface area contributed by atoms with Crippen LogP contribution < -0.4 is 10.6 Å². The smallest absolute Gasteiger partial charge is 0.243 e. The Bertz CT molecular complexity index is 1320. The fourth-order valence-electron chi connectivity index (χ4n) is 3.52. The third kappa shape index (κ3) is 6.38. The van der Waals surface area contributed by atoms with E-state index in [2.05, 4.69) is 15.7 Å². The van der Waals surface area contributed by atoms with E-state index in [1.807, 2.05) is 51.1 Å². The van der Waals surface area contributed by atoms with Crippen molar-refractivity contribution in [3.05, 3.63) is 66.4 Å². The van der Waals surface area contributed by atoms with Crippen molar-refractivity contribution in [1.29, 1.82) is 0 Å². The first-order valence-electron chi connectivity index (χ1n) is 11.6. The van der Waals surface area contributed by atoms with E-state index >= 15 is 0 Å². The van der Waals surface area contributed by atoms with E-state index in [-0.39, 0.29) is 22.8 Å². The Morgan fingerprint density at radius 1 is 1.00 bits per heavy atom. The summed E-state index contributed by atoms with van der Waals surface area (Å²) in [5.41, 5.74) is 1.79. The summed E-state index contributed by atoms with van der Waals surface area (Å²) in [6.07, 6.45) is 0. The number of amides is 2. The number of hydrogen-bond donors (Lipinski definition) is 2. The summed E-state index contributed by atoms with van der Waals surface area (Å²) in [6, 6.07) is 16.6. The Kier molecular flexibility index (Phi) is 8.00. The number of rotatable bonds is 8. The molecule has 0 bridgehead atoms. The number of carbonyl (C=O) groups is 2. The lowest BCUT2D eigenvalue weighted by atomic mass is 9.92. The molecule has 0 aliphatic heterocycles. The molecular formula is C26H33N5O4S. The van der Waals surface area contributed by atoms with Gasteiger partial charge in [0.2, 0.25) is 21.8 Å². The highest BCUT2D eigenvalue weighted by Crippen LogP contribution is 2.27. The molecule has 36 heavy (non-hydrogen) atoms. The van der Waals surface area contributed by atoms with Crippen LogP contribution in [0.4, 0.5) is 11.5 Å². The number of benzene rings is 2. The van der Waals surface area contributed by atoms with Crippen molar-refractivity contribution >= 4 is 33.3 Å². The lowest BCUT2D eigenvalue weighted by Gasteiger charge is -2.25. The largest absolute Gasteiger partial charge is 0.326 e. The number of nitrogens with one attached hydrogen (secondary N) is 2. The van der Waals surface area contributed by atoms with Crippen molar-refractivity contribution in [2.75, 3.05) is 17.2 Å². The summed E-state index contributed by atoms with van der Waals surface area (Å²) in [5, 5.41) is 10.1. The summed E-state index contributed by atoms with van der Waals surface area (Å²) >= 11 is 0. The van der Waals surface area contributed by atoms with Gasteiger partial charge in [0.15, 0.2) is 0 Å². The minimum absolute atomic E-state index is 0.0300. The third-order valence-electron chi connectivity index (χ3n) is 5.40. The molecule has 2 N–H and O–H groups in total. The van der Waals surface area contributed by atoms with Gasteiger partial charge < -0.3 is 10.6 Å². The van der Waals surface area contributed by atoms with Gasteiger partial charge in [0.05, 0.1) is 22.8 Å². The second-order valence-electron chi connectivity index (χ2n) is 9.81. The van der Waals surface area contributed by atoms with Crippen LogP contribution in [0.2, 0.25) is 0 Å². The average Bonchev–Trinajstić information content (AvgIpc) is 3.22. The van der Waals surface area contributed by atoms with Crippen molar-refractivity contribution in [3.8, 4) is 5.69 Å². The Hall–Kier alpha value is -3.50. The van der Waals surface area contributed by atoms with Crippen LogP contribution in [0, 0.1) is 0 Å². The Labute approximate surface area is 212 Å². The molecule has 0 unspecified atom stereocenters. The monoisotopic (exact) mass is 511 g/mol. The Balaban J connectivity index is 1.87. The molecule has 1 aromatic heterocycles. The van der Waals surface area contributed by atoms with Crippen LogP contribution in [-0.2, 0) is 25.0 Å². The number of aromatic nitrogens is 2. The SMILES string of the molecule is CC(=O)Nc1ccc(S(=O)(=O)N(CC(=O)Nc2cc(C(C)(C)C)nn2-c2ccccc2)C(C)C)cc1. The van der Waals surface area contributed by atoms with Gasteiger partial charge in [-0.15, -0.1) is 0 Å². The van der Waals surface area contributed by atoms with Crippen LogP contribution >= 0.6 is 0 Å². The molecule has 1 heterocycles. The van der Waals surface area contributed by atoms with Crippen LogP contribution in [0.25, 0.3) is 5.69 Å². The fraction of sp³-hybridized carbons (Fsp3) is 0.346. The van der Waals surface area contributed by atoms with Crippen LogP contribution in [0.5, 0.6) is 0 Å². The molecule has 0 aliphatic rings. The molecule has 10 heteroatoms. The highest BCUT2D eigenvalue weighted by molar-refractivity contribution is 7.89. The zero-order chi connectivity index (χ0) is 26.7. The van der Waals surface area contributed by atoms with Crippen LogP contribution in [0.1, 0.15) is 47.2 Å². The molecule has 0 saturated heterocycles. The van der Waals surface area contributed by atoms with Gasteiger partial charge >= 0.3 is 0 Å². The zero-order valence-electron chi connectivity index (χ0n) is 21.4. The van der Waals surface area contributed by atoms with E-state index in [4.69, 9.17) is 0 Å². The quantitative estimate of drug-likeness (QED) is 0.471. The van der Waals surface area contributed by atoms with Crippen molar-refractivity contribution in [3.63, 3.8) is 0 Å². The van der Waals surface area contributed by atoms with Crippen LogP contribution in [0.3, 0.4) is 0 Å². The molecule has 0 spiro atoms. The van der Waals surface area contributed by atoms with E-state index in [1.165, 1.54) is 31.2 Å². The van der Waals surface area contributed by atoms with Crippen molar-refractivity contribution in [2.24, 2.45) is 0 Å². The third-order valence-corrected chi connectivity index (χ3v) is 7.44. The molecule has 9 nitrogen and oxygen atoms in total. The number of para-hydroxylation sites is 1. The normalized spacial score (nSPS) is 12.1. The van der Waals surface area contributed by atoms with E-state index in [0.29, 0.717) is 11.5 Å². The first-order valence-corrected chi connectivity index (χ1v) is 13.1. The molecule has 0 saturated carbocycles. The Morgan fingerprint density at radius 3 is 2.14 bits per heavy atom. The molecule has 2 aromatic carbocycles. The highest BCUT2D eigenvalue weighted by Gasteiger charge is 2.30. The predicted octanol–water partition coefficient (Wildman–Crippen LogP) is 4.17. The minimum Gasteiger partial charge on any atom is -0.326 e. The predicted molar refractivity (Wildman–Crippen MR) is 141 cm³/mol. The van der Waals surface area contributed by atoms with Crippen LogP contribution in [-0.4, -0.2) is 46.9 Å². The average molecular weight is 512 g/mol. The number of hydrogen-bond acceptors (Lipinski definition) is 5. The zero-order valence-corrected chi connectivity index (χ0v) is 22.3. The number of sulfonamides is 1. The summed E-state index contributed by atoms with van der Waals surface area (Å²) in [6.45, 7) is 10.5. The molecule has 3 rings (SSSR count). The first kappa shape index (κ1) is 27.1. The first-order chi connectivity index (χ1) is 16.8. The summed E-state index contributed by atoms with van der Waals surface area (Å²) < 4.78 is 29.5. The standard InChI is InChI=1S/C26H33N5O4S/c1-18(2)30(36(34,35)22-14-12-20(13-15-22)27-19(3)32)17-25(33)28-24-16-23(26(4,5)6)29-31(24)21-10-8-7-9-11-21/h7-16,18H,17H2,1-6H3,(H,27,32)(H,28,33). The molecule has 0 fully saturated rings. The maximum atomic E-state index is 13.4. The van der Waals surface area contributed by atoms with E-state index < -0.39 is 22.0 Å². The molecule has 3 aromatic rings. The van der Waals surface area contributed by atoms with Gasteiger partial charge in [-0.1, -0.05) is 39.0 Å². The number of nitrogens with zero attached hydrogens (tertiary/aromatic N) is 3. The molecule has 0 aliphatic carbocycles. The maximum Gasteiger partial charge on any atom is 0.243 e. The van der Waals surface area contributed by atoms with Crippen molar-refractivity contribution < 1.29 is 18.0 Å². The molecular weight excluding hydrogens is 478 g/mol. The van der Waals surface area contributed by atoms with Gasteiger partial charge in [-0.05, 0) is 50.2 Å². The van der Waals surface area contributed by atoms with Gasteiger partial charge in [-0.3, -0.25) is 9.59 Å². The van der Waals surface area contributed by atoms with E-state index in [1.54, 1.807) is 24.6 Å². The molecule has 192 valence electrons. The van der Waals surface area contributed by atoms with Crippen molar-refractivity contribution in [2.45, 2.75) is 57.9 Å². The topological polar surface area (TPSA) is 113 Å². The fourth-order valence-corrected chi connectivity index (χ4v) is 5.11. The van der Waals surface area contributed by atoms with Gasteiger partial charge in [-0.25, -0.2) is 13.1 Å². The lowest BCUT2D eigenvalue weighted by Crippen LogP contribution is -2.42. The second kappa shape index (κ2) is 10.6. The van der Waals surface area contributed by atoms with Gasteiger partial charge in [0.1, 0.15) is 5.82 Å². The van der Waals surface area contributed by atoms with Gasteiger partial charge in [0.25, 0.3) is 0 Å². The Morgan fingerprint density at radius 2 is 1.61 bits per heavy atom. The van der Waals surface area contributed by atoms with E-state index in [9.17, 15) is 18.0 Å². The van der Waals surface area contributed by atoms with Gasteiger partial charge in [-0.2, -0.15) is 9.40 Å². The minimum atomic E-state index is -3.98. The van der Waals surface area contributed by atoms with Crippen LogP contribution in [0.15, 0.2) is 65.6 Å². The maximum absolute atomic E-state index is 13.4. The summed E-state index contributed by atoms with van der Waals surface area (Å²) in [4.78, 5) is 24.4. The summed E-state index contributed by atoms with van der Waals surface area (Å²) in [5.74, 6) is -0.285. The highest BCUT2D eigenvalue weighted by atomic mass is 32.2. The summed E-state index contributed by atoms with van der Waals surface area (Å²) in [7, 11) is -3.98. The lowest BCUT2D eigenvalue weighted by molar-refractivity contribution is -0.116.